The molecule has 1 heterocycles. The van der Waals surface area contributed by atoms with Gasteiger partial charge >= 0.3 is 0 Å². The molecule has 3 rings (SSSR count). The number of rotatable bonds is 2. The minimum absolute atomic E-state index is 0.613. The molecule has 1 aliphatic heterocycles. The first-order chi connectivity index (χ1) is 9.69. The Hall–Kier alpha value is -1.06. The molecule has 1 saturated heterocycles. The third-order valence-corrected chi connectivity index (χ3v) is 5.03. The third-order valence-electron chi connectivity index (χ3n) is 5.03. The van der Waals surface area contributed by atoms with Crippen molar-refractivity contribution >= 4 is 5.69 Å². The van der Waals surface area contributed by atoms with Crippen LogP contribution in [0.3, 0.4) is 0 Å². The molecule has 2 unspecified atom stereocenters. The highest BCUT2D eigenvalue weighted by atomic mass is 15.3. The molecule has 3 nitrogen and oxygen atoms in total. The zero-order valence-electron chi connectivity index (χ0n) is 12.8. The topological polar surface area (TPSA) is 32.5 Å². The monoisotopic (exact) mass is 273 g/mol. The molecule has 0 amide bonds. The number of hydrogen-bond acceptors (Lipinski definition) is 3. The van der Waals surface area contributed by atoms with Crippen molar-refractivity contribution in [3.63, 3.8) is 0 Å². The summed E-state index contributed by atoms with van der Waals surface area (Å²) in [4.78, 5) is 5.26. The molecule has 110 valence electrons. The van der Waals surface area contributed by atoms with Gasteiger partial charge in [-0.3, -0.25) is 4.90 Å². The van der Waals surface area contributed by atoms with E-state index >= 15 is 0 Å². The van der Waals surface area contributed by atoms with Crippen molar-refractivity contribution in [1.82, 2.24) is 9.80 Å². The SMILES string of the molecule is CCC1CN(C)CCCN1C1CCc2cc(N)ccc21. The fourth-order valence-corrected chi connectivity index (χ4v) is 4.00. The number of hydrogen-bond donors (Lipinski definition) is 1. The van der Waals surface area contributed by atoms with Gasteiger partial charge < -0.3 is 10.6 Å². The maximum Gasteiger partial charge on any atom is 0.0357 e. The lowest BCUT2D eigenvalue weighted by Crippen LogP contribution is -2.41. The van der Waals surface area contributed by atoms with Crippen LogP contribution < -0.4 is 5.73 Å². The molecule has 2 atom stereocenters. The van der Waals surface area contributed by atoms with Crippen LogP contribution in [0.4, 0.5) is 5.69 Å². The molecular formula is C17H27N3. The third kappa shape index (κ3) is 2.57. The molecule has 3 heteroatoms. The molecule has 20 heavy (non-hydrogen) atoms. The summed E-state index contributed by atoms with van der Waals surface area (Å²) in [6.07, 6.45) is 4.98. The van der Waals surface area contributed by atoms with Crippen molar-refractivity contribution in [3.05, 3.63) is 29.3 Å². The summed E-state index contributed by atoms with van der Waals surface area (Å²) in [6, 6.07) is 7.82. The maximum absolute atomic E-state index is 5.93. The molecule has 1 aromatic carbocycles. The summed E-state index contributed by atoms with van der Waals surface area (Å²) in [6.45, 7) is 6.00. The average Bonchev–Trinajstić information content (AvgIpc) is 2.74. The van der Waals surface area contributed by atoms with E-state index in [1.807, 2.05) is 0 Å². The second-order valence-electron chi connectivity index (χ2n) is 6.43. The van der Waals surface area contributed by atoms with E-state index in [1.165, 1.54) is 56.4 Å². The van der Waals surface area contributed by atoms with Crippen molar-refractivity contribution in [1.29, 1.82) is 0 Å². The van der Waals surface area contributed by atoms with E-state index in [1.54, 1.807) is 0 Å². The Morgan fingerprint density at radius 2 is 2.15 bits per heavy atom. The Morgan fingerprint density at radius 3 is 2.95 bits per heavy atom. The van der Waals surface area contributed by atoms with Crippen molar-refractivity contribution < 1.29 is 0 Å². The highest BCUT2D eigenvalue weighted by Crippen LogP contribution is 2.38. The Labute approximate surface area is 122 Å². The van der Waals surface area contributed by atoms with Gasteiger partial charge in [0.1, 0.15) is 0 Å². The number of fused-ring (bicyclic) bond motifs is 1. The molecule has 0 aromatic heterocycles. The van der Waals surface area contributed by atoms with Crippen LogP contribution in [-0.2, 0) is 6.42 Å². The van der Waals surface area contributed by atoms with E-state index in [0.717, 1.165) is 5.69 Å². The molecule has 1 aliphatic carbocycles. The zero-order valence-corrected chi connectivity index (χ0v) is 12.8. The lowest BCUT2D eigenvalue weighted by Gasteiger charge is -2.35. The molecule has 1 fully saturated rings. The lowest BCUT2D eigenvalue weighted by molar-refractivity contribution is 0.127. The number of nitrogens with two attached hydrogens (primary N) is 1. The summed E-state index contributed by atoms with van der Waals surface area (Å²) in [5.74, 6) is 0. The van der Waals surface area contributed by atoms with Crippen molar-refractivity contribution in [2.24, 2.45) is 0 Å². The van der Waals surface area contributed by atoms with Gasteiger partial charge in [0.2, 0.25) is 0 Å². The Bertz CT molecular complexity index is 471. The summed E-state index contributed by atoms with van der Waals surface area (Å²) in [5.41, 5.74) is 9.84. The van der Waals surface area contributed by atoms with Crippen molar-refractivity contribution in [3.8, 4) is 0 Å². The van der Waals surface area contributed by atoms with Gasteiger partial charge in [-0.1, -0.05) is 13.0 Å². The summed E-state index contributed by atoms with van der Waals surface area (Å²) < 4.78 is 0. The zero-order chi connectivity index (χ0) is 14.1. The second-order valence-corrected chi connectivity index (χ2v) is 6.43. The first-order valence-electron chi connectivity index (χ1n) is 8.01. The van der Waals surface area contributed by atoms with E-state index in [-0.39, 0.29) is 0 Å². The molecule has 2 N–H and O–H groups in total. The van der Waals surface area contributed by atoms with E-state index in [2.05, 4.69) is 42.0 Å². The van der Waals surface area contributed by atoms with Crippen LogP contribution in [0.15, 0.2) is 18.2 Å². The van der Waals surface area contributed by atoms with E-state index in [4.69, 9.17) is 5.73 Å². The van der Waals surface area contributed by atoms with Gasteiger partial charge in [0.05, 0.1) is 0 Å². The number of nitrogens with zero attached hydrogens (tertiary/aromatic N) is 2. The first kappa shape index (κ1) is 13.9. The van der Waals surface area contributed by atoms with Gasteiger partial charge in [0, 0.05) is 30.9 Å². The quantitative estimate of drug-likeness (QED) is 0.841. The highest BCUT2D eigenvalue weighted by molar-refractivity contribution is 5.47. The smallest absolute Gasteiger partial charge is 0.0357 e. The van der Waals surface area contributed by atoms with Crippen LogP contribution in [0.2, 0.25) is 0 Å². The normalized spacial score (nSPS) is 28.3. The fraction of sp³-hybridized carbons (Fsp3) is 0.647. The molecule has 0 saturated carbocycles. The van der Waals surface area contributed by atoms with Crippen LogP contribution in [0.1, 0.15) is 43.4 Å². The largest absolute Gasteiger partial charge is 0.399 e. The predicted molar refractivity (Wildman–Crippen MR) is 84.8 cm³/mol. The van der Waals surface area contributed by atoms with Gasteiger partial charge in [-0.25, -0.2) is 0 Å². The molecule has 0 bridgehead atoms. The number of aryl methyl sites for hydroxylation is 1. The predicted octanol–water partition coefficient (Wildman–Crippen LogP) is 2.67. The summed E-state index contributed by atoms with van der Waals surface area (Å²) in [5, 5.41) is 0. The second kappa shape index (κ2) is 5.74. The number of benzene rings is 1. The Balaban J connectivity index is 1.86. The van der Waals surface area contributed by atoms with Gasteiger partial charge in [-0.2, -0.15) is 0 Å². The van der Waals surface area contributed by atoms with E-state index in [0.29, 0.717) is 12.1 Å². The molecule has 1 aromatic rings. The Kier molecular flexibility index (Phi) is 3.99. The van der Waals surface area contributed by atoms with Crippen LogP contribution in [0, 0.1) is 0 Å². The molecule has 2 aliphatic rings. The fourth-order valence-electron chi connectivity index (χ4n) is 4.00. The van der Waals surface area contributed by atoms with Crippen LogP contribution in [-0.4, -0.2) is 42.5 Å². The first-order valence-corrected chi connectivity index (χ1v) is 8.01. The van der Waals surface area contributed by atoms with Gasteiger partial charge in [0.25, 0.3) is 0 Å². The summed E-state index contributed by atoms with van der Waals surface area (Å²) >= 11 is 0. The van der Waals surface area contributed by atoms with Gasteiger partial charge in [0.15, 0.2) is 0 Å². The van der Waals surface area contributed by atoms with Crippen LogP contribution in [0.25, 0.3) is 0 Å². The van der Waals surface area contributed by atoms with Gasteiger partial charge in [-0.05, 0) is 62.5 Å². The minimum Gasteiger partial charge on any atom is -0.399 e. The van der Waals surface area contributed by atoms with Crippen LogP contribution >= 0.6 is 0 Å². The number of likely N-dealkylation sites (N-methyl/N-ethyl adjacent to an activating group) is 1. The molecule has 0 spiro atoms. The Morgan fingerprint density at radius 1 is 1.30 bits per heavy atom. The minimum atomic E-state index is 0.613. The number of nitrogen functional groups attached to an aromatic ring is 1. The van der Waals surface area contributed by atoms with E-state index in [9.17, 15) is 0 Å². The maximum atomic E-state index is 5.93. The highest BCUT2D eigenvalue weighted by Gasteiger charge is 2.33. The molecular weight excluding hydrogens is 246 g/mol. The van der Waals surface area contributed by atoms with Crippen LogP contribution in [0.5, 0.6) is 0 Å². The molecule has 0 radical (unpaired) electrons. The number of anilines is 1. The van der Waals surface area contributed by atoms with Gasteiger partial charge in [-0.15, -0.1) is 0 Å². The lowest BCUT2D eigenvalue weighted by atomic mass is 10.0. The average molecular weight is 273 g/mol. The summed E-state index contributed by atoms with van der Waals surface area (Å²) in [7, 11) is 2.26. The van der Waals surface area contributed by atoms with E-state index < -0.39 is 0 Å². The van der Waals surface area contributed by atoms with Crippen molar-refractivity contribution in [2.75, 3.05) is 32.4 Å². The standard InChI is InChI=1S/C17H27N3/c1-3-15-12-19(2)9-4-10-20(15)17-8-5-13-11-14(18)6-7-16(13)17/h6-7,11,15,17H,3-5,8-10,12,18H2,1-2H3. The van der Waals surface area contributed by atoms with Crippen molar-refractivity contribution in [2.45, 2.75) is 44.7 Å².